The standard InChI is InChI=1S/C12H21N3O/c1-4-11(16-5-2)12(15-13)10-6-9(3)7-14-8-10/h6-8,11-12,15H,4-5,13H2,1-3H3. The molecule has 3 N–H and O–H groups in total. The van der Waals surface area contributed by atoms with Gasteiger partial charge in [-0.05, 0) is 31.4 Å². The van der Waals surface area contributed by atoms with E-state index in [1.165, 1.54) is 0 Å². The van der Waals surface area contributed by atoms with Crippen LogP contribution in [0.1, 0.15) is 37.4 Å². The van der Waals surface area contributed by atoms with E-state index in [-0.39, 0.29) is 12.1 Å². The van der Waals surface area contributed by atoms with E-state index < -0.39 is 0 Å². The van der Waals surface area contributed by atoms with E-state index in [9.17, 15) is 0 Å². The summed E-state index contributed by atoms with van der Waals surface area (Å²) in [4.78, 5) is 4.18. The number of aryl methyl sites for hydroxylation is 1. The van der Waals surface area contributed by atoms with Gasteiger partial charge in [-0.15, -0.1) is 0 Å². The van der Waals surface area contributed by atoms with Crippen LogP contribution < -0.4 is 11.3 Å². The van der Waals surface area contributed by atoms with Gasteiger partial charge in [0.05, 0.1) is 12.1 Å². The summed E-state index contributed by atoms with van der Waals surface area (Å²) in [7, 11) is 0. The van der Waals surface area contributed by atoms with E-state index >= 15 is 0 Å². The minimum atomic E-state index is -0.00245. The van der Waals surface area contributed by atoms with E-state index in [4.69, 9.17) is 10.6 Å². The van der Waals surface area contributed by atoms with E-state index in [1.807, 2.05) is 26.2 Å². The summed E-state index contributed by atoms with van der Waals surface area (Å²) in [5.74, 6) is 5.60. The number of ether oxygens (including phenoxy) is 1. The van der Waals surface area contributed by atoms with Crippen molar-refractivity contribution in [3.05, 3.63) is 29.6 Å². The van der Waals surface area contributed by atoms with Crippen LogP contribution in [0.3, 0.4) is 0 Å². The summed E-state index contributed by atoms with van der Waals surface area (Å²) in [6.07, 6.45) is 4.66. The van der Waals surface area contributed by atoms with E-state index in [1.54, 1.807) is 0 Å². The Balaban J connectivity index is 2.87. The Kier molecular flexibility index (Phi) is 5.38. The fraction of sp³-hybridized carbons (Fsp3) is 0.583. The number of aromatic nitrogens is 1. The number of nitrogens with zero attached hydrogens (tertiary/aromatic N) is 1. The van der Waals surface area contributed by atoms with Gasteiger partial charge in [0, 0.05) is 19.0 Å². The molecule has 0 bridgehead atoms. The van der Waals surface area contributed by atoms with Crippen LogP contribution in [-0.2, 0) is 4.74 Å². The number of nitrogens with one attached hydrogen (secondary N) is 1. The third kappa shape index (κ3) is 3.27. The first-order valence-corrected chi connectivity index (χ1v) is 5.72. The molecule has 0 aliphatic rings. The van der Waals surface area contributed by atoms with E-state index in [0.29, 0.717) is 6.61 Å². The normalized spacial score (nSPS) is 14.8. The van der Waals surface area contributed by atoms with Crippen LogP contribution in [0.25, 0.3) is 0 Å². The largest absolute Gasteiger partial charge is 0.376 e. The summed E-state index contributed by atoms with van der Waals surface area (Å²) in [5, 5.41) is 0. The van der Waals surface area contributed by atoms with Gasteiger partial charge in [0.25, 0.3) is 0 Å². The van der Waals surface area contributed by atoms with Crippen LogP contribution in [-0.4, -0.2) is 17.7 Å². The van der Waals surface area contributed by atoms with Crippen molar-refractivity contribution in [1.82, 2.24) is 10.4 Å². The summed E-state index contributed by atoms with van der Waals surface area (Å²) in [5.41, 5.74) is 5.02. The van der Waals surface area contributed by atoms with Gasteiger partial charge in [0.15, 0.2) is 0 Å². The molecule has 0 aliphatic heterocycles. The quantitative estimate of drug-likeness (QED) is 0.569. The second kappa shape index (κ2) is 6.58. The first-order chi connectivity index (χ1) is 7.72. The van der Waals surface area contributed by atoms with Crippen molar-refractivity contribution >= 4 is 0 Å². The molecule has 0 saturated heterocycles. The van der Waals surface area contributed by atoms with Crippen LogP contribution in [0.4, 0.5) is 0 Å². The fourth-order valence-corrected chi connectivity index (χ4v) is 1.83. The van der Waals surface area contributed by atoms with Crippen molar-refractivity contribution in [2.75, 3.05) is 6.61 Å². The van der Waals surface area contributed by atoms with Crippen molar-refractivity contribution in [3.8, 4) is 0 Å². The predicted octanol–water partition coefficient (Wildman–Crippen LogP) is 1.71. The number of nitrogens with two attached hydrogens (primary N) is 1. The number of hydrogen-bond donors (Lipinski definition) is 2. The molecule has 0 aromatic carbocycles. The summed E-state index contributed by atoms with van der Waals surface area (Å²) in [6.45, 7) is 6.79. The highest BCUT2D eigenvalue weighted by atomic mass is 16.5. The second-order valence-corrected chi connectivity index (χ2v) is 3.84. The molecule has 90 valence electrons. The van der Waals surface area contributed by atoms with E-state index in [2.05, 4.69) is 23.4 Å². The molecule has 0 fully saturated rings. The fourth-order valence-electron chi connectivity index (χ4n) is 1.83. The first-order valence-electron chi connectivity index (χ1n) is 5.72. The molecular formula is C12H21N3O. The van der Waals surface area contributed by atoms with Crippen LogP contribution in [0, 0.1) is 6.92 Å². The number of pyridine rings is 1. The Morgan fingerprint density at radius 3 is 2.69 bits per heavy atom. The lowest BCUT2D eigenvalue weighted by Crippen LogP contribution is -2.38. The molecule has 16 heavy (non-hydrogen) atoms. The molecule has 0 saturated carbocycles. The molecule has 0 aliphatic carbocycles. The molecule has 1 rings (SSSR count). The molecule has 1 aromatic heterocycles. The van der Waals surface area contributed by atoms with Crippen LogP contribution in [0.5, 0.6) is 0 Å². The van der Waals surface area contributed by atoms with Crippen molar-refractivity contribution < 1.29 is 4.74 Å². The molecule has 1 aromatic rings. The number of rotatable bonds is 6. The zero-order chi connectivity index (χ0) is 12.0. The van der Waals surface area contributed by atoms with Crippen molar-refractivity contribution in [2.45, 2.75) is 39.3 Å². The van der Waals surface area contributed by atoms with Gasteiger partial charge < -0.3 is 4.74 Å². The van der Waals surface area contributed by atoms with Crippen molar-refractivity contribution in [3.63, 3.8) is 0 Å². The summed E-state index contributed by atoms with van der Waals surface area (Å²) in [6, 6.07) is 2.08. The average Bonchev–Trinajstić information content (AvgIpc) is 2.29. The van der Waals surface area contributed by atoms with Gasteiger partial charge in [-0.2, -0.15) is 0 Å². The summed E-state index contributed by atoms with van der Waals surface area (Å²) >= 11 is 0. The van der Waals surface area contributed by atoms with E-state index in [0.717, 1.165) is 17.5 Å². The van der Waals surface area contributed by atoms with Gasteiger partial charge in [-0.1, -0.05) is 13.0 Å². The highest BCUT2D eigenvalue weighted by Gasteiger charge is 2.21. The van der Waals surface area contributed by atoms with Gasteiger partial charge in [0.2, 0.25) is 0 Å². The molecule has 0 radical (unpaired) electrons. The third-order valence-corrected chi connectivity index (χ3v) is 2.59. The third-order valence-electron chi connectivity index (χ3n) is 2.59. The zero-order valence-corrected chi connectivity index (χ0v) is 10.2. The lowest BCUT2D eigenvalue weighted by atomic mass is 10.0. The topological polar surface area (TPSA) is 60.2 Å². The van der Waals surface area contributed by atoms with Gasteiger partial charge in [0.1, 0.15) is 0 Å². The summed E-state index contributed by atoms with van der Waals surface area (Å²) < 4.78 is 5.67. The first kappa shape index (κ1) is 13.1. The highest BCUT2D eigenvalue weighted by Crippen LogP contribution is 2.20. The van der Waals surface area contributed by atoms with Crippen LogP contribution in [0.2, 0.25) is 0 Å². The molecular weight excluding hydrogens is 202 g/mol. The maximum absolute atomic E-state index is 5.67. The molecule has 2 unspecified atom stereocenters. The minimum Gasteiger partial charge on any atom is -0.376 e. The van der Waals surface area contributed by atoms with Crippen molar-refractivity contribution in [1.29, 1.82) is 0 Å². The van der Waals surface area contributed by atoms with Gasteiger partial charge >= 0.3 is 0 Å². The van der Waals surface area contributed by atoms with Crippen LogP contribution >= 0.6 is 0 Å². The SMILES string of the molecule is CCOC(CC)C(NN)c1cncc(C)c1. The molecule has 1 heterocycles. The maximum atomic E-state index is 5.67. The Morgan fingerprint density at radius 2 is 2.19 bits per heavy atom. The monoisotopic (exact) mass is 223 g/mol. The number of hydrogen-bond acceptors (Lipinski definition) is 4. The van der Waals surface area contributed by atoms with Crippen molar-refractivity contribution in [2.24, 2.45) is 5.84 Å². The molecule has 0 amide bonds. The molecule has 2 atom stereocenters. The maximum Gasteiger partial charge on any atom is 0.0780 e. The Hall–Kier alpha value is -0.970. The van der Waals surface area contributed by atoms with Crippen LogP contribution in [0.15, 0.2) is 18.5 Å². The predicted molar refractivity (Wildman–Crippen MR) is 64.7 cm³/mol. The Morgan fingerprint density at radius 1 is 1.44 bits per heavy atom. The van der Waals surface area contributed by atoms with Gasteiger partial charge in [-0.3, -0.25) is 16.3 Å². The molecule has 4 nitrogen and oxygen atoms in total. The minimum absolute atomic E-state index is 0.00245. The Bertz CT molecular complexity index is 317. The number of hydrazine groups is 1. The van der Waals surface area contributed by atoms with Gasteiger partial charge in [-0.25, -0.2) is 0 Å². The highest BCUT2D eigenvalue weighted by molar-refractivity contribution is 5.21. The average molecular weight is 223 g/mol. The lowest BCUT2D eigenvalue weighted by Gasteiger charge is -2.25. The smallest absolute Gasteiger partial charge is 0.0780 e. The zero-order valence-electron chi connectivity index (χ0n) is 10.2. The second-order valence-electron chi connectivity index (χ2n) is 3.84. The molecule has 4 heteroatoms. The Labute approximate surface area is 97.2 Å². The molecule has 0 spiro atoms. The lowest BCUT2D eigenvalue weighted by molar-refractivity contribution is 0.0313.